The molecule has 5 nitrogen and oxygen atoms in total. The van der Waals surface area contributed by atoms with Crippen LogP contribution in [0, 0.1) is 11.3 Å². The molecule has 0 unspecified atom stereocenters. The Hall–Kier alpha value is -3.76. The highest BCUT2D eigenvalue weighted by Gasteiger charge is 2.35. The molecule has 2 amide bonds. The lowest BCUT2D eigenvalue weighted by molar-refractivity contribution is -0.123. The largest absolute Gasteiger partial charge is 0.486 e. The molecule has 1 heterocycles. The second kappa shape index (κ2) is 10.7. The summed E-state index contributed by atoms with van der Waals surface area (Å²) in [5, 5.41) is 11.7. The monoisotopic (exact) mass is 544 g/mol. The molecule has 0 spiro atoms. The number of hydrogen-bond donors (Lipinski definition) is 0. The third kappa shape index (κ3) is 5.35. The van der Waals surface area contributed by atoms with Gasteiger partial charge >= 0.3 is 0 Å². The molecular weight excluding hydrogens is 527 g/mol. The van der Waals surface area contributed by atoms with E-state index in [1.54, 1.807) is 42.5 Å². The maximum atomic E-state index is 13.0. The van der Waals surface area contributed by atoms with Crippen molar-refractivity contribution in [1.29, 1.82) is 5.26 Å². The second-order valence-corrected chi connectivity index (χ2v) is 10.1. The molecule has 0 aliphatic carbocycles. The molecule has 0 aromatic heterocycles. The van der Waals surface area contributed by atoms with E-state index < -0.39 is 11.1 Å². The van der Waals surface area contributed by atoms with Crippen molar-refractivity contribution in [3.05, 3.63) is 116 Å². The van der Waals surface area contributed by atoms with Crippen molar-refractivity contribution in [3.8, 4) is 11.8 Å². The molecule has 1 saturated heterocycles. The average molecular weight is 545 g/mol. The minimum Gasteiger partial charge on any atom is -0.486 e. The highest BCUT2D eigenvalue weighted by molar-refractivity contribution is 8.18. The SMILES string of the molecule is N#Cc1ccccc1CN1C(=O)S/C(=C/c2cc(Cl)c(OCc3ccc4ccccc4c3)c(Cl)c2)C1=O. The van der Waals surface area contributed by atoms with Crippen LogP contribution >= 0.6 is 35.0 Å². The minimum atomic E-state index is -0.438. The average Bonchev–Trinajstić information content (AvgIpc) is 3.15. The lowest BCUT2D eigenvalue weighted by Gasteiger charge is -2.13. The first-order valence-corrected chi connectivity index (χ1v) is 12.8. The molecule has 1 fully saturated rings. The molecule has 8 heteroatoms. The van der Waals surface area contributed by atoms with Gasteiger partial charge in [0, 0.05) is 0 Å². The van der Waals surface area contributed by atoms with Crippen LogP contribution < -0.4 is 4.74 Å². The van der Waals surface area contributed by atoms with Gasteiger partial charge in [0.25, 0.3) is 11.1 Å². The van der Waals surface area contributed by atoms with Crippen LogP contribution in [-0.2, 0) is 17.9 Å². The molecule has 0 atom stereocenters. The normalized spacial score (nSPS) is 14.4. The molecule has 4 aromatic rings. The predicted octanol–water partition coefficient (Wildman–Crippen LogP) is 7.83. The number of rotatable bonds is 6. The van der Waals surface area contributed by atoms with E-state index in [2.05, 4.69) is 12.1 Å². The van der Waals surface area contributed by atoms with E-state index >= 15 is 0 Å². The lowest BCUT2D eigenvalue weighted by Crippen LogP contribution is -2.27. The zero-order valence-electron chi connectivity index (χ0n) is 19.3. The first-order valence-electron chi connectivity index (χ1n) is 11.3. The smallest absolute Gasteiger partial charge is 0.293 e. The summed E-state index contributed by atoms with van der Waals surface area (Å²) < 4.78 is 5.93. The molecule has 1 aliphatic heterocycles. The first-order chi connectivity index (χ1) is 17.9. The van der Waals surface area contributed by atoms with Gasteiger partial charge in [-0.25, -0.2) is 0 Å². The second-order valence-electron chi connectivity index (χ2n) is 8.32. The van der Waals surface area contributed by atoms with Crippen molar-refractivity contribution >= 4 is 63.0 Å². The van der Waals surface area contributed by atoms with Crippen LogP contribution in [0.5, 0.6) is 5.75 Å². The number of nitrogens with zero attached hydrogens (tertiary/aromatic N) is 2. The standard InChI is InChI=1S/C29H18Cl2N2O3S/c30-24-12-19(13-25(31)27(24)36-17-18-9-10-20-5-1-2-6-21(20)11-18)14-26-28(34)33(29(35)37-26)16-23-8-4-3-7-22(23)15-32/h1-14H,16-17H2/b26-14+. The fraction of sp³-hybridized carbons (Fsp3) is 0.0690. The Balaban J connectivity index is 1.32. The van der Waals surface area contributed by atoms with E-state index in [1.807, 2.05) is 36.4 Å². The van der Waals surface area contributed by atoms with E-state index in [-0.39, 0.29) is 18.1 Å². The maximum absolute atomic E-state index is 13.0. The van der Waals surface area contributed by atoms with Gasteiger partial charge in [-0.3, -0.25) is 14.5 Å². The van der Waals surface area contributed by atoms with Crippen molar-refractivity contribution in [3.63, 3.8) is 0 Å². The fourth-order valence-electron chi connectivity index (χ4n) is 4.01. The van der Waals surface area contributed by atoms with Gasteiger partial charge in [-0.1, -0.05) is 77.8 Å². The Morgan fingerprint density at radius 1 is 0.919 bits per heavy atom. The highest BCUT2D eigenvalue weighted by Crippen LogP contribution is 2.38. The molecule has 182 valence electrons. The van der Waals surface area contributed by atoms with Crippen molar-refractivity contribution < 1.29 is 14.3 Å². The number of halogens is 2. The molecule has 4 aromatic carbocycles. The number of fused-ring (bicyclic) bond motifs is 1. The summed E-state index contributed by atoms with van der Waals surface area (Å²) in [6, 6.07) is 26.4. The minimum absolute atomic E-state index is 0.0226. The summed E-state index contributed by atoms with van der Waals surface area (Å²) >= 11 is 13.8. The van der Waals surface area contributed by atoms with E-state index in [1.165, 1.54) is 0 Å². The number of imide groups is 1. The van der Waals surface area contributed by atoms with Gasteiger partial charge in [-0.15, -0.1) is 0 Å². The summed E-state index contributed by atoms with van der Waals surface area (Å²) in [5.41, 5.74) is 2.56. The van der Waals surface area contributed by atoms with Crippen LogP contribution in [0.15, 0.2) is 83.8 Å². The van der Waals surface area contributed by atoms with Gasteiger partial charge in [-0.2, -0.15) is 5.26 Å². The molecule has 37 heavy (non-hydrogen) atoms. The predicted molar refractivity (Wildman–Crippen MR) is 147 cm³/mol. The maximum Gasteiger partial charge on any atom is 0.293 e. The van der Waals surface area contributed by atoms with Gasteiger partial charge in [0.15, 0.2) is 5.75 Å². The molecule has 0 saturated carbocycles. The Morgan fingerprint density at radius 2 is 1.62 bits per heavy atom. The van der Waals surface area contributed by atoms with Crippen molar-refractivity contribution in [2.45, 2.75) is 13.2 Å². The number of carbonyl (C=O) groups is 2. The molecule has 1 aliphatic rings. The number of ether oxygens (including phenoxy) is 1. The summed E-state index contributed by atoms with van der Waals surface area (Å²) in [5.74, 6) is -0.0959. The van der Waals surface area contributed by atoms with E-state index in [0.717, 1.165) is 33.0 Å². The third-order valence-corrected chi connectivity index (χ3v) is 7.32. The molecular formula is C29H18Cl2N2O3S. The van der Waals surface area contributed by atoms with Crippen molar-refractivity contribution in [2.75, 3.05) is 0 Å². The molecule has 0 N–H and O–H groups in total. The zero-order chi connectivity index (χ0) is 25.9. The number of amides is 2. The summed E-state index contributed by atoms with van der Waals surface area (Å²) in [7, 11) is 0. The Bertz CT molecular complexity index is 1600. The van der Waals surface area contributed by atoms with Crippen LogP contribution in [0.25, 0.3) is 16.8 Å². The van der Waals surface area contributed by atoms with Crippen LogP contribution in [0.1, 0.15) is 22.3 Å². The quantitative estimate of drug-likeness (QED) is 0.231. The number of carbonyl (C=O) groups excluding carboxylic acids is 2. The van der Waals surface area contributed by atoms with Crippen LogP contribution in [0.2, 0.25) is 10.0 Å². The van der Waals surface area contributed by atoms with Gasteiger partial charge in [0.05, 0.1) is 33.1 Å². The van der Waals surface area contributed by atoms with Crippen molar-refractivity contribution in [2.24, 2.45) is 0 Å². The molecule has 5 rings (SSSR count). The summed E-state index contributed by atoms with van der Waals surface area (Å²) in [6.45, 7) is 0.307. The first kappa shape index (κ1) is 24.9. The Morgan fingerprint density at radius 3 is 2.38 bits per heavy atom. The number of hydrogen-bond acceptors (Lipinski definition) is 5. The zero-order valence-corrected chi connectivity index (χ0v) is 21.6. The van der Waals surface area contributed by atoms with Gasteiger partial charge in [0.2, 0.25) is 0 Å². The summed E-state index contributed by atoms with van der Waals surface area (Å²) in [6.07, 6.45) is 1.58. The van der Waals surface area contributed by atoms with E-state index in [0.29, 0.717) is 32.5 Å². The molecule has 0 radical (unpaired) electrons. The Kier molecular flexibility index (Phi) is 7.20. The van der Waals surface area contributed by atoms with E-state index in [4.69, 9.17) is 27.9 Å². The fourth-order valence-corrected chi connectivity index (χ4v) is 5.46. The van der Waals surface area contributed by atoms with Gasteiger partial charge in [0.1, 0.15) is 6.61 Å². The van der Waals surface area contributed by atoms with Crippen LogP contribution in [0.4, 0.5) is 4.79 Å². The Labute approximate surface area is 227 Å². The summed E-state index contributed by atoms with van der Waals surface area (Å²) in [4.78, 5) is 26.9. The number of benzene rings is 4. The van der Waals surface area contributed by atoms with Crippen molar-refractivity contribution in [1.82, 2.24) is 4.90 Å². The highest BCUT2D eigenvalue weighted by atomic mass is 35.5. The van der Waals surface area contributed by atoms with E-state index in [9.17, 15) is 14.9 Å². The lowest BCUT2D eigenvalue weighted by atomic mass is 10.1. The molecule has 0 bridgehead atoms. The van der Waals surface area contributed by atoms with Crippen LogP contribution in [0.3, 0.4) is 0 Å². The van der Waals surface area contributed by atoms with Gasteiger partial charge < -0.3 is 4.74 Å². The number of nitriles is 1. The topological polar surface area (TPSA) is 70.4 Å². The third-order valence-electron chi connectivity index (χ3n) is 5.86. The van der Waals surface area contributed by atoms with Gasteiger partial charge in [-0.05, 0) is 69.6 Å². The number of thioether (sulfide) groups is 1. The van der Waals surface area contributed by atoms with Crippen LogP contribution in [-0.4, -0.2) is 16.0 Å².